The molecule has 0 aliphatic carbocycles. The minimum Gasteiger partial charge on any atom is -0.318 e. The molecule has 82 valence electrons. The fourth-order valence-electron chi connectivity index (χ4n) is 2.34. The van der Waals surface area contributed by atoms with Crippen molar-refractivity contribution in [1.82, 2.24) is 5.01 Å². The molecule has 1 aromatic carbocycles. The van der Waals surface area contributed by atoms with Crippen molar-refractivity contribution < 1.29 is 0 Å². The van der Waals surface area contributed by atoms with Gasteiger partial charge in [-0.25, -0.2) is 5.01 Å². The van der Waals surface area contributed by atoms with Gasteiger partial charge in [-0.05, 0) is 44.7 Å². The van der Waals surface area contributed by atoms with Gasteiger partial charge >= 0.3 is 0 Å². The number of hydrazine groups is 1. The molecule has 0 unspecified atom stereocenters. The summed E-state index contributed by atoms with van der Waals surface area (Å²) in [7, 11) is 0. The summed E-state index contributed by atoms with van der Waals surface area (Å²) in [6, 6.07) is 4.48. The van der Waals surface area contributed by atoms with E-state index in [1.807, 2.05) is 0 Å². The molecule has 1 heterocycles. The first-order chi connectivity index (χ1) is 7.16. The van der Waals surface area contributed by atoms with Crippen LogP contribution in [-0.4, -0.2) is 18.1 Å². The second-order valence-electron chi connectivity index (χ2n) is 4.58. The minimum atomic E-state index is 1.17. The van der Waals surface area contributed by atoms with E-state index in [1.165, 1.54) is 48.3 Å². The van der Waals surface area contributed by atoms with E-state index < -0.39 is 0 Å². The van der Waals surface area contributed by atoms with Gasteiger partial charge in [-0.1, -0.05) is 17.7 Å². The second kappa shape index (κ2) is 4.23. The summed E-state index contributed by atoms with van der Waals surface area (Å²) in [4.78, 5) is 0. The van der Waals surface area contributed by atoms with Crippen LogP contribution in [0.2, 0.25) is 0 Å². The number of aryl methyl sites for hydroxylation is 3. The lowest BCUT2D eigenvalue weighted by atomic mass is 10.1. The van der Waals surface area contributed by atoms with Gasteiger partial charge in [0.15, 0.2) is 0 Å². The van der Waals surface area contributed by atoms with Crippen LogP contribution >= 0.6 is 0 Å². The molecule has 1 saturated heterocycles. The number of hydrogen-bond donors (Lipinski definition) is 1. The van der Waals surface area contributed by atoms with Gasteiger partial charge < -0.3 is 5.43 Å². The van der Waals surface area contributed by atoms with E-state index in [2.05, 4.69) is 43.3 Å². The largest absolute Gasteiger partial charge is 0.318 e. The van der Waals surface area contributed by atoms with E-state index in [4.69, 9.17) is 0 Å². The summed E-state index contributed by atoms with van der Waals surface area (Å²) in [6.07, 6.45) is 2.63. The monoisotopic (exact) mass is 204 g/mol. The molecule has 0 bridgehead atoms. The van der Waals surface area contributed by atoms with Crippen LogP contribution < -0.4 is 5.43 Å². The molecule has 2 nitrogen and oxygen atoms in total. The van der Waals surface area contributed by atoms with Crippen molar-refractivity contribution in [2.75, 3.05) is 18.5 Å². The molecular weight excluding hydrogens is 184 g/mol. The van der Waals surface area contributed by atoms with Crippen LogP contribution in [0.4, 0.5) is 5.69 Å². The van der Waals surface area contributed by atoms with Crippen LogP contribution in [-0.2, 0) is 0 Å². The van der Waals surface area contributed by atoms with Gasteiger partial charge in [0.1, 0.15) is 0 Å². The highest BCUT2D eigenvalue weighted by Gasteiger charge is 2.13. The molecule has 1 aliphatic rings. The van der Waals surface area contributed by atoms with Crippen molar-refractivity contribution in [1.29, 1.82) is 0 Å². The Morgan fingerprint density at radius 3 is 2.07 bits per heavy atom. The highest BCUT2D eigenvalue weighted by Crippen LogP contribution is 2.23. The van der Waals surface area contributed by atoms with Gasteiger partial charge in [0.05, 0.1) is 5.69 Å². The molecule has 1 aromatic rings. The molecular formula is C13H20N2. The van der Waals surface area contributed by atoms with E-state index in [0.29, 0.717) is 0 Å². The third kappa shape index (κ3) is 2.32. The second-order valence-corrected chi connectivity index (χ2v) is 4.58. The van der Waals surface area contributed by atoms with E-state index in [-0.39, 0.29) is 0 Å². The molecule has 1 fully saturated rings. The summed E-state index contributed by atoms with van der Waals surface area (Å²) in [6.45, 7) is 8.86. The maximum atomic E-state index is 3.54. The van der Waals surface area contributed by atoms with Crippen molar-refractivity contribution in [2.24, 2.45) is 0 Å². The van der Waals surface area contributed by atoms with E-state index >= 15 is 0 Å². The molecule has 0 spiro atoms. The number of rotatable bonds is 2. The standard InChI is InChI=1S/C13H20N2/c1-10-8-11(2)13(12(3)9-10)14-15-6-4-5-7-15/h8-9,14H,4-7H2,1-3H3. The summed E-state index contributed by atoms with van der Waals surface area (Å²) < 4.78 is 0. The van der Waals surface area contributed by atoms with Gasteiger partial charge in [-0.3, -0.25) is 0 Å². The average molecular weight is 204 g/mol. The molecule has 0 radical (unpaired) electrons. The SMILES string of the molecule is Cc1cc(C)c(NN2CCCC2)c(C)c1. The Labute approximate surface area is 92.3 Å². The molecule has 0 amide bonds. The van der Waals surface area contributed by atoms with Gasteiger partial charge in [0.2, 0.25) is 0 Å². The highest BCUT2D eigenvalue weighted by molar-refractivity contribution is 5.57. The third-order valence-electron chi connectivity index (χ3n) is 3.05. The van der Waals surface area contributed by atoms with E-state index in [1.54, 1.807) is 0 Å². The Kier molecular flexibility index (Phi) is 2.96. The van der Waals surface area contributed by atoms with Crippen molar-refractivity contribution in [3.8, 4) is 0 Å². The summed E-state index contributed by atoms with van der Waals surface area (Å²) in [5.41, 5.74) is 8.87. The molecule has 2 heteroatoms. The van der Waals surface area contributed by atoms with E-state index in [0.717, 1.165) is 0 Å². The molecule has 0 saturated carbocycles. The lowest BCUT2D eigenvalue weighted by Gasteiger charge is -2.21. The summed E-state index contributed by atoms with van der Waals surface area (Å²) in [5.74, 6) is 0. The van der Waals surface area contributed by atoms with Crippen molar-refractivity contribution >= 4 is 5.69 Å². The average Bonchev–Trinajstić information content (AvgIpc) is 2.63. The first-order valence-corrected chi connectivity index (χ1v) is 5.76. The van der Waals surface area contributed by atoms with Gasteiger partial charge in [0, 0.05) is 13.1 Å². The number of nitrogens with one attached hydrogen (secondary N) is 1. The maximum Gasteiger partial charge on any atom is 0.0548 e. The zero-order chi connectivity index (χ0) is 10.8. The summed E-state index contributed by atoms with van der Waals surface area (Å²) >= 11 is 0. The van der Waals surface area contributed by atoms with Crippen LogP contribution in [0.3, 0.4) is 0 Å². The Morgan fingerprint density at radius 1 is 1.00 bits per heavy atom. The molecule has 2 rings (SSSR count). The van der Waals surface area contributed by atoms with Crippen LogP contribution in [0.1, 0.15) is 29.5 Å². The number of nitrogens with zero attached hydrogens (tertiary/aromatic N) is 1. The van der Waals surface area contributed by atoms with Crippen molar-refractivity contribution in [2.45, 2.75) is 33.6 Å². The molecule has 15 heavy (non-hydrogen) atoms. The van der Waals surface area contributed by atoms with Gasteiger partial charge in [-0.2, -0.15) is 0 Å². The summed E-state index contributed by atoms with van der Waals surface area (Å²) in [5, 5.41) is 2.32. The molecule has 0 aromatic heterocycles. The molecule has 0 atom stereocenters. The fraction of sp³-hybridized carbons (Fsp3) is 0.538. The fourth-order valence-corrected chi connectivity index (χ4v) is 2.34. The van der Waals surface area contributed by atoms with Crippen molar-refractivity contribution in [3.05, 3.63) is 28.8 Å². The third-order valence-corrected chi connectivity index (χ3v) is 3.05. The van der Waals surface area contributed by atoms with E-state index in [9.17, 15) is 0 Å². The molecule has 1 N–H and O–H groups in total. The Bertz CT molecular complexity index is 329. The first kappa shape index (κ1) is 10.5. The van der Waals surface area contributed by atoms with Crippen LogP contribution in [0.15, 0.2) is 12.1 Å². The number of benzene rings is 1. The predicted octanol–water partition coefficient (Wildman–Crippen LogP) is 3.03. The topological polar surface area (TPSA) is 15.3 Å². The maximum absolute atomic E-state index is 3.54. The zero-order valence-corrected chi connectivity index (χ0v) is 9.93. The Hall–Kier alpha value is -1.02. The van der Waals surface area contributed by atoms with Gasteiger partial charge in [-0.15, -0.1) is 0 Å². The molecule has 1 aliphatic heterocycles. The van der Waals surface area contributed by atoms with Crippen LogP contribution in [0, 0.1) is 20.8 Å². The highest BCUT2D eigenvalue weighted by atomic mass is 15.5. The van der Waals surface area contributed by atoms with Crippen LogP contribution in [0.5, 0.6) is 0 Å². The Balaban J connectivity index is 2.19. The normalized spacial score (nSPS) is 17.0. The quantitative estimate of drug-likeness (QED) is 0.796. The Morgan fingerprint density at radius 2 is 1.53 bits per heavy atom. The number of hydrogen-bond acceptors (Lipinski definition) is 2. The predicted molar refractivity (Wildman–Crippen MR) is 65.1 cm³/mol. The lowest BCUT2D eigenvalue weighted by molar-refractivity contribution is 0.409. The zero-order valence-electron chi connectivity index (χ0n) is 9.93. The number of anilines is 1. The van der Waals surface area contributed by atoms with Gasteiger partial charge in [0.25, 0.3) is 0 Å². The lowest BCUT2D eigenvalue weighted by Crippen LogP contribution is -2.27. The first-order valence-electron chi connectivity index (χ1n) is 5.76. The minimum absolute atomic E-state index is 1.17. The van der Waals surface area contributed by atoms with Crippen molar-refractivity contribution in [3.63, 3.8) is 0 Å². The smallest absolute Gasteiger partial charge is 0.0548 e. The van der Waals surface area contributed by atoms with Crippen LogP contribution in [0.25, 0.3) is 0 Å².